The molecule has 152 valence electrons. The Bertz CT molecular complexity index is 1080. The number of rotatable bonds is 6. The Kier molecular flexibility index (Phi) is 5.68. The number of Topliss-reactive ketones (excluding diaryl/α,β-unsaturated/α-hetero) is 1. The second-order valence-electron chi connectivity index (χ2n) is 7.06. The Balaban J connectivity index is 1.72. The summed E-state index contributed by atoms with van der Waals surface area (Å²) in [6.07, 6.45) is 5.89. The average molecular weight is 422 g/mol. The van der Waals surface area contributed by atoms with Crippen molar-refractivity contribution >= 4 is 29.1 Å². The van der Waals surface area contributed by atoms with Crippen molar-refractivity contribution in [2.24, 2.45) is 0 Å². The minimum atomic E-state index is -0.682. The number of halogens is 1. The Morgan fingerprint density at radius 2 is 1.77 bits per heavy atom. The van der Waals surface area contributed by atoms with Crippen LogP contribution < -0.4 is 0 Å². The molecule has 0 aliphatic carbocycles. The fraction of sp³-hybridized carbons (Fsp3) is 0.174. The summed E-state index contributed by atoms with van der Waals surface area (Å²) in [6.45, 7) is 1.02. The van der Waals surface area contributed by atoms with Crippen LogP contribution in [0.1, 0.15) is 23.6 Å². The summed E-state index contributed by atoms with van der Waals surface area (Å²) in [5.41, 5.74) is 1.31. The summed E-state index contributed by atoms with van der Waals surface area (Å²) in [5, 5.41) is 11.5. The molecule has 1 amide bonds. The zero-order valence-electron chi connectivity index (χ0n) is 16.1. The van der Waals surface area contributed by atoms with Crippen molar-refractivity contribution in [3.63, 3.8) is 0 Å². The van der Waals surface area contributed by atoms with Gasteiger partial charge < -0.3 is 14.6 Å². The lowest BCUT2D eigenvalue weighted by Crippen LogP contribution is -2.31. The van der Waals surface area contributed by atoms with Crippen LogP contribution in [0.15, 0.2) is 78.9 Å². The topological polar surface area (TPSA) is 75.4 Å². The van der Waals surface area contributed by atoms with Gasteiger partial charge in [-0.3, -0.25) is 9.59 Å². The first-order valence-electron chi connectivity index (χ1n) is 9.61. The third-order valence-electron chi connectivity index (χ3n) is 5.15. The molecular weight excluding hydrogens is 402 g/mol. The van der Waals surface area contributed by atoms with E-state index in [1.54, 1.807) is 61.1 Å². The molecule has 0 radical (unpaired) electrons. The molecule has 0 unspecified atom stereocenters. The van der Waals surface area contributed by atoms with Gasteiger partial charge in [0.15, 0.2) is 0 Å². The molecule has 1 atom stereocenters. The average Bonchev–Trinajstić information content (AvgIpc) is 3.37. The molecule has 1 aliphatic heterocycles. The summed E-state index contributed by atoms with van der Waals surface area (Å²) in [6, 6.07) is 15.1. The fourth-order valence-electron chi connectivity index (χ4n) is 3.70. The molecule has 3 aromatic rings. The largest absolute Gasteiger partial charge is 0.507 e. The molecule has 1 saturated heterocycles. The summed E-state index contributed by atoms with van der Waals surface area (Å²) in [4.78, 5) is 31.3. The zero-order chi connectivity index (χ0) is 21.1. The van der Waals surface area contributed by atoms with E-state index in [2.05, 4.69) is 4.98 Å². The van der Waals surface area contributed by atoms with Gasteiger partial charge in [-0.25, -0.2) is 4.98 Å². The number of nitrogens with zero attached hydrogens (tertiary/aromatic N) is 3. The van der Waals surface area contributed by atoms with Crippen LogP contribution in [0.4, 0.5) is 0 Å². The SMILES string of the molecule is O=C1C(=O)N(CCCn2ccnc2)[C@@H](c2ccc(Cl)cc2)C1=C(O)c1ccccc1. The Labute approximate surface area is 179 Å². The van der Waals surface area contributed by atoms with Crippen LogP contribution in [-0.4, -0.2) is 37.8 Å². The van der Waals surface area contributed by atoms with Gasteiger partial charge >= 0.3 is 0 Å². The van der Waals surface area contributed by atoms with Gasteiger partial charge in [-0.1, -0.05) is 54.1 Å². The maximum Gasteiger partial charge on any atom is 0.295 e. The number of ketones is 1. The molecule has 30 heavy (non-hydrogen) atoms. The predicted octanol–water partition coefficient (Wildman–Crippen LogP) is 4.05. The highest BCUT2D eigenvalue weighted by molar-refractivity contribution is 6.46. The number of carbonyl (C=O) groups excluding carboxylic acids is 2. The van der Waals surface area contributed by atoms with E-state index in [1.807, 2.05) is 16.8 Å². The summed E-state index contributed by atoms with van der Waals surface area (Å²) < 4.78 is 1.91. The Morgan fingerprint density at radius 3 is 2.43 bits per heavy atom. The maximum atomic E-state index is 12.9. The van der Waals surface area contributed by atoms with E-state index in [9.17, 15) is 14.7 Å². The van der Waals surface area contributed by atoms with Gasteiger partial charge in [-0.05, 0) is 24.1 Å². The van der Waals surface area contributed by atoms with Crippen LogP contribution in [0, 0.1) is 0 Å². The van der Waals surface area contributed by atoms with Gasteiger partial charge in [0.25, 0.3) is 11.7 Å². The lowest BCUT2D eigenvalue weighted by atomic mass is 9.95. The van der Waals surface area contributed by atoms with E-state index < -0.39 is 17.7 Å². The number of carbonyl (C=O) groups is 2. The van der Waals surface area contributed by atoms with Gasteiger partial charge in [0.05, 0.1) is 17.9 Å². The number of likely N-dealkylation sites (tertiary alicyclic amines) is 1. The second-order valence-corrected chi connectivity index (χ2v) is 7.50. The molecule has 6 nitrogen and oxygen atoms in total. The fourth-order valence-corrected chi connectivity index (χ4v) is 3.82. The minimum absolute atomic E-state index is 0.0937. The van der Waals surface area contributed by atoms with Crippen LogP contribution in [-0.2, 0) is 16.1 Å². The predicted molar refractivity (Wildman–Crippen MR) is 114 cm³/mol. The van der Waals surface area contributed by atoms with Crippen molar-refractivity contribution in [3.8, 4) is 0 Å². The van der Waals surface area contributed by atoms with Crippen LogP contribution in [0.5, 0.6) is 0 Å². The molecule has 7 heteroatoms. The third kappa shape index (κ3) is 3.86. The lowest BCUT2D eigenvalue weighted by molar-refractivity contribution is -0.139. The maximum absolute atomic E-state index is 12.9. The van der Waals surface area contributed by atoms with Crippen molar-refractivity contribution in [3.05, 3.63) is 95.0 Å². The van der Waals surface area contributed by atoms with Crippen LogP contribution in [0.2, 0.25) is 5.02 Å². The second kappa shape index (κ2) is 8.55. The molecule has 1 aromatic heterocycles. The zero-order valence-corrected chi connectivity index (χ0v) is 16.9. The standard InChI is InChI=1S/C23H20ClN3O3/c24-18-9-7-16(8-10-18)20-19(21(28)17-5-2-1-3-6-17)22(29)23(30)27(20)13-4-12-26-14-11-25-15-26/h1-3,5-11,14-15,20,28H,4,12-13H2/t20-/m0/s1. The van der Waals surface area contributed by atoms with Crippen LogP contribution >= 0.6 is 11.6 Å². The van der Waals surface area contributed by atoms with E-state index in [0.717, 1.165) is 5.56 Å². The van der Waals surface area contributed by atoms with Crippen LogP contribution in [0.25, 0.3) is 5.76 Å². The van der Waals surface area contributed by atoms with Crippen molar-refractivity contribution in [2.75, 3.05) is 6.54 Å². The summed E-state index contributed by atoms with van der Waals surface area (Å²) in [5.74, 6) is -1.47. The number of imidazole rings is 1. The molecular formula is C23H20ClN3O3. The molecule has 0 bridgehead atoms. The summed E-state index contributed by atoms with van der Waals surface area (Å²) in [7, 11) is 0. The first-order valence-corrected chi connectivity index (χ1v) is 9.99. The molecule has 1 fully saturated rings. The van der Waals surface area contributed by atoms with Crippen molar-refractivity contribution in [1.29, 1.82) is 0 Å². The Morgan fingerprint density at radius 1 is 1.03 bits per heavy atom. The number of hydrogen-bond donors (Lipinski definition) is 1. The number of aliphatic hydroxyl groups excluding tert-OH is 1. The number of benzene rings is 2. The van der Waals surface area contributed by atoms with Gasteiger partial charge in [0.2, 0.25) is 0 Å². The van der Waals surface area contributed by atoms with E-state index in [-0.39, 0.29) is 11.3 Å². The van der Waals surface area contributed by atoms with Gasteiger partial charge in [-0.15, -0.1) is 0 Å². The van der Waals surface area contributed by atoms with Crippen molar-refractivity contribution < 1.29 is 14.7 Å². The number of amides is 1. The highest BCUT2D eigenvalue weighted by Gasteiger charge is 2.45. The molecule has 2 heterocycles. The van der Waals surface area contributed by atoms with E-state index in [4.69, 9.17) is 11.6 Å². The van der Waals surface area contributed by atoms with Crippen LogP contribution in [0.3, 0.4) is 0 Å². The number of hydrogen-bond acceptors (Lipinski definition) is 4. The van der Waals surface area contributed by atoms with Crippen molar-refractivity contribution in [2.45, 2.75) is 19.0 Å². The molecule has 0 spiro atoms. The molecule has 2 aromatic carbocycles. The smallest absolute Gasteiger partial charge is 0.295 e. The van der Waals surface area contributed by atoms with Gasteiger partial charge in [-0.2, -0.15) is 0 Å². The quantitative estimate of drug-likeness (QED) is 0.370. The normalized spacial score (nSPS) is 18.2. The number of aromatic nitrogens is 2. The van der Waals surface area contributed by atoms with Gasteiger partial charge in [0, 0.05) is 36.1 Å². The molecule has 1 N–H and O–H groups in total. The van der Waals surface area contributed by atoms with Gasteiger partial charge in [0.1, 0.15) is 5.76 Å². The molecule has 1 aliphatic rings. The molecule has 0 saturated carbocycles. The highest BCUT2D eigenvalue weighted by Crippen LogP contribution is 2.39. The molecule has 4 rings (SSSR count). The Hall–Kier alpha value is -3.38. The van der Waals surface area contributed by atoms with E-state index >= 15 is 0 Å². The lowest BCUT2D eigenvalue weighted by Gasteiger charge is -2.25. The first kappa shape index (κ1) is 19.9. The van der Waals surface area contributed by atoms with E-state index in [1.165, 1.54) is 4.90 Å². The minimum Gasteiger partial charge on any atom is -0.507 e. The third-order valence-corrected chi connectivity index (χ3v) is 5.40. The first-order chi connectivity index (χ1) is 14.6. The van der Waals surface area contributed by atoms with Crippen molar-refractivity contribution in [1.82, 2.24) is 14.5 Å². The number of aryl methyl sites for hydroxylation is 1. The highest BCUT2D eigenvalue weighted by atomic mass is 35.5. The summed E-state index contributed by atoms with van der Waals surface area (Å²) >= 11 is 6.03. The van der Waals surface area contributed by atoms with E-state index in [0.29, 0.717) is 30.1 Å². The monoisotopic (exact) mass is 421 g/mol. The number of aliphatic hydroxyl groups is 1.